The summed E-state index contributed by atoms with van der Waals surface area (Å²) in [5.74, 6) is 0.681. The molecule has 4 nitrogen and oxygen atoms in total. The SMILES string of the molecule is Nc1ccc(ONCCC=O)cc1. The maximum Gasteiger partial charge on any atom is 0.147 e. The van der Waals surface area contributed by atoms with Crippen molar-refractivity contribution in [3.63, 3.8) is 0 Å². The van der Waals surface area contributed by atoms with Crippen LogP contribution in [0.15, 0.2) is 24.3 Å². The Morgan fingerprint density at radius 1 is 1.38 bits per heavy atom. The summed E-state index contributed by atoms with van der Waals surface area (Å²) in [5, 5.41) is 0. The fourth-order valence-corrected chi connectivity index (χ4v) is 0.788. The molecule has 70 valence electrons. The van der Waals surface area contributed by atoms with Gasteiger partial charge in [0.2, 0.25) is 0 Å². The van der Waals surface area contributed by atoms with Gasteiger partial charge in [-0.2, -0.15) is 5.48 Å². The summed E-state index contributed by atoms with van der Waals surface area (Å²) in [6, 6.07) is 7.00. The molecular weight excluding hydrogens is 168 g/mol. The molecule has 3 N–H and O–H groups in total. The number of nitrogen functional groups attached to an aromatic ring is 1. The molecule has 0 heterocycles. The molecule has 0 aliphatic heterocycles. The highest BCUT2D eigenvalue weighted by Gasteiger charge is 1.91. The van der Waals surface area contributed by atoms with E-state index < -0.39 is 0 Å². The van der Waals surface area contributed by atoms with E-state index in [0.717, 1.165) is 6.29 Å². The second-order valence-electron chi connectivity index (χ2n) is 2.52. The van der Waals surface area contributed by atoms with Gasteiger partial charge in [-0.05, 0) is 24.3 Å². The molecule has 0 saturated heterocycles. The molecule has 1 aromatic rings. The molecular formula is C9H12N2O2. The zero-order chi connectivity index (χ0) is 9.52. The Morgan fingerprint density at radius 2 is 2.08 bits per heavy atom. The number of carbonyl (C=O) groups is 1. The van der Waals surface area contributed by atoms with Crippen LogP contribution in [0, 0.1) is 0 Å². The van der Waals surface area contributed by atoms with Gasteiger partial charge in [-0.15, -0.1) is 0 Å². The summed E-state index contributed by atoms with van der Waals surface area (Å²) in [6.45, 7) is 0.508. The molecule has 0 saturated carbocycles. The van der Waals surface area contributed by atoms with Gasteiger partial charge < -0.3 is 15.4 Å². The van der Waals surface area contributed by atoms with Gasteiger partial charge in [0.05, 0.1) is 0 Å². The average Bonchev–Trinajstić information content (AvgIpc) is 2.15. The number of nitrogens with one attached hydrogen (secondary N) is 1. The first-order chi connectivity index (χ1) is 6.33. The molecule has 0 aliphatic carbocycles. The molecule has 0 fully saturated rings. The van der Waals surface area contributed by atoms with Gasteiger partial charge in [0.15, 0.2) is 0 Å². The van der Waals surface area contributed by atoms with Crippen molar-refractivity contribution in [2.24, 2.45) is 0 Å². The predicted octanol–water partition coefficient (Wildman–Crippen LogP) is 0.741. The number of hydrogen-bond donors (Lipinski definition) is 2. The van der Waals surface area contributed by atoms with Crippen LogP contribution in [0.2, 0.25) is 0 Å². The summed E-state index contributed by atoms with van der Waals surface area (Å²) >= 11 is 0. The Kier molecular flexibility index (Phi) is 3.78. The Labute approximate surface area is 76.6 Å². The second kappa shape index (κ2) is 5.16. The lowest BCUT2D eigenvalue weighted by Crippen LogP contribution is -2.19. The number of anilines is 1. The number of nitrogens with two attached hydrogens (primary N) is 1. The van der Waals surface area contributed by atoms with E-state index in [1.165, 1.54) is 0 Å². The number of rotatable bonds is 5. The van der Waals surface area contributed by atoms with Gasteiger partial charge in [-0.25, -0.2) is 0 Å². The highest BCUT2D eigenvalue weighted by molar-refractivity contribution is 5.49. The standard InChI is InChI=1S/C9H12N2O2/c10-8-2-4-9(5-3-8)13-11-6-1-7-12/h2-5,7,11H,1,6,10H2. The third kappa shape index (κ3) is 3.57. The van der Waals surface area contributed by atoms with Crippen LogP contribution in [0.1, 0.15) is 6.42 Å². The van der Waals surface area contributed by atoms with Gasteiger partial charge in [0, 0.05) is 18.7 Å². The number of aldehydes is 1. The van der Waals surface area contributed by atoms with Crippen molar-refractivity contribution in [1.29, 1.82) is 0 Å². The predicted molar refractivity (Wildman–Crippen MR) is 50.2 cm³/mol. The van der Waals surface area contributed by atoms with Gasteiger partial charge >= 0.3 is 0 Å². The monoisotopic (exact) mass is 180 g/mol. The molecule has 0 spiro atoms. The third-order valence-electron chi connectivity index (χ3n) is 1.43. The summed E-state index contributed by atoms with van der Waals surface area (Å²) in [5.41, 5.74) is 8.83. The molecule has 0 radical (unpaired) electrons. The third-order valence-corrected chi connectivity index (χ3v) is 1.43. The van der Waals surface area contributed by atoms with Crippen LogP contribution >= 0.6 is 0 Å². The molecule has 4 heteroatoms. The smallest absolute Gasteiger partial charge is 0.147 e. The molecule has 0 aliphatic rings. The molecule has 0 aromatic heterocycles. The zero-order valence-corrected chi connectivity index (χ0v) is 7.19. The van der Waals surface area contributed by atoms with E-state index >= 15 is 0 Å². The highest BCUT2D eigenvalue weighted by Crippen LogP contribution is 2.11. The number of benzene rings is 1. The Balaban J connectivity index is 2.28. The highest BCUT2D eigenvalue weighted by atomic mass is 16.6. The summed E-state index contributed by atoms with van der Waals surface area (Å²) in [6.07, 6.45) is 1.27. The quantitative estimate of drug-likeness (QED) is 0.303. The molecule has 0 unspecified atom stereocenters. The van der Waals surface area contributed by atoms with E-state index in [1.54, 1.807) is 24.3 Å². The number of hydroxylamine groups is 1. The maximum absolute atomic E-state index is 9.95. The fraction of sp³-hybridized carbons (Fsp3) is 0.222. The summed E-state index contributed by atoms with van der Waals surface area (Å²) in [4.78, 5) is 15.0. The Hall–Kier alpha value is -1.55. The van der Waals surface area contributed by atoms with Gasteiger partial charge in [-0.1, -0.05) is 0 Å². The van der Waals surface area contributed by atoms with Crippen LogP contribution in [-0.4, -0.2) is 12.8 Å². The largest absolute Gasteiger partial charge is 0.409 e. The molecule has 13 heavy (non-hydrogen) atoms. The lowest BCUT2D eigenvalue weighted by atomic mass is 10.3. The molecule has 1 aromatic carbocycles. The van der Waals surface area contributed by atoms with Crippen LogP contribution < -0.4 is 16.1 Å². The minimum absolute atomic E-state index is 0.439. The van der Waals surface area contributed by atoms with Crippen molar-refractivity contribution in [2.45, 2.75) is 6.42 Å². The van der Waals surface area contributed by atoms with Crippen molar-refractivity contribution < 1.29 is 9.63 Å². The van der Waals surface area contributed by atoms with Crippen LogP contribution in [-0.2, 0) is 4.79 Å². The van der Waals surface area contributed by atoms with Gasteiger partial charge in [0.25, 0.3) is 0 Å². The van der Waals surface area contributed by atoms with Crippen LogP contribution in [0.5, 0.6) is 5.75 Å². The molecule has 0 amide bonds. The fourth-order valence-electron chi connectivity index (χ4n) is 0.788. The van der Waals surface area contributed by atoms with Crippen molar-refractivity contribution in [3.05, 3.63) is 24.3 Å². The number of hydrogen-bond acceptors (Lipinski definition) is 4. The minimum atomic E-state index is 0.439. The summed E-state index contributed by atoms with van der Waals surface area (Å²) in [7, 11) is 0. The molecule has 1 rings (SSSR count). The minimum Gasteiger partial charge on any atom is -0.409 e. The first kappa shape index (κ1) is 9.54. The van der Waals surface area contributed by atoms with Crippen molar-refractivity contribution in [1.82, 2.24) is 5.48 Å². The molecule has 0 atom stereocenters. The normalized spacial score (nSPS) is 9.54. The van der Waals surface area contributed by atoms with E-state index in [4.69, 9.17) is 10.6 Å². The average molecular weight is 180 g/mol. The Morgan fingerprint density at radius 3 is 2.69 bits per heavy atom. The van der Waals surface area contributed by atoms with Crippen molar-refractivity contribution in [3.8, 4) is 5.75 Å². The van der Waals surface area contributed by atoms with Crippen molar-refractivity contribution >= 4 is 12.0 Å². The maximum atomic E-state index is 9.95. The lowest BCUT2D eigenvalue weighted by molar-refractivity contribution is -0.108. The second-order valence-corrected chi connectivity index (χ2v) is 2.52. The molecule has 0 bridgehead atoms. The van der Waals surface area contributed by atoms with E-state index in [9.17, 15) is 4.79 Å². The van der Waals surface area contributed by atoms with Crippen LogP contribution in [0.25, 0.3) is 0 Å². The van der Waals surface area contributed by atoms with Gasteiger partial charge in [0.1, 0.15) is 12.0 Å². The zero-order valence-electron chi connectivity index (χ0n) is 7.19. The lowest BCUT2D eigenvalue weighted by Gasteiger charge is -2.04. The van der Waals surface area contributed by atoms with E-state index in [0.29, 0.717) is 24.4 Å². The van der Waals surface area contributed by atoms with Gasteiger partial charge in [-0.3, -0.25) is 0 Å². The Bertz CT molecular complexity index is 259. The van der Waals surface area contributed by atoms with E-state index in [1.807, 2.05) is 0 Å². The first-order valence-corrected chi connectivity index (χ1v) is 4.02. The van der Waals surface area contributed by atoms with Crippen LogP contribution in [0.4, 0.5) is 5.69 Å². The summed E-state index contributed by atoms with van der Waals surface area (Å²) < 4.78 is 0. The topological polar surface area (TPSA) is 64.3 Å². The number of carbonyl (C=O) groups excluding carboxylic acids is 1. The van der Waals surface area contributed by atoms with E-state index in [-0.39, 0.29) is 0 Å². The van der Waals surface area contributed by atoms with Crippen molar-refractivity contribution in [2.75, 3.05) is 12.3 Å². The van der Waals surface area contributed by atoms with Crippen LogP contribution in [0.3, 0.4) is 0 Å². The van der Waals surface area contributed by atoms with E-state index in [2.05, 4.69) is 5.48 Å². The first-order valence-electron chi connectivity index (χ1n) is 4.02.